The SMILES string of the molecule is CCC(C)C(NC(=O)C(CCCCN)NC(=O)C(N)Cc1ccccc1)C(=O)NC(C(=O)O)C(C)C. The third-order valence-corrected chi connectivity index (χ3v) is 6.24. The Morgan fingerprint density at radius 1 is 0.889 bits per heavy atom. The minimum absolute atomic E-state index is 0.267. The molecule has 0 aliphatic rings. The molecule has 5 atom stereocenters. The molecule has 0 aliphatic heterocycles. The van der Waals surface area contributed by atoms with Gasteiger partial charge in [-0.1, -0.05) is 64.4 Å². The van der Waals surface area contributed by atoms with Crippen molar-refractivity contribution >= 4 is 23.7 Å². The number of aliphatic carboxylic acids is 1. The maximum atomic E-state index is 13.2. The Kier molecular flexibility index (Phi) is 13.7. The van der Waals surface area contributed by atoms with Crippen molar-refractivity contribution in [2.24, 2.45) is 23.3 Å². The van der Waals surface area contributed by atoms with Gasteiger partial charge in [-0.2, -0.15) is 0 Å². The molecular weight excluding hydrogens is 462 g/mol. The maximum Gasteiger partial charge on any atom is 0.326 e. The molecule has 10 nitrogen and oxygen atoms in total. The molecule has 3 amide bonds. The van der Waals surface area contributed by atoms with E-state index in [9.17, 15) is 24.3 Å². The summed E-state index contributed by atoms with van der Waals surface area (Å²) in [5.41, 5.74) is 12.6. The van der Waals surface area contributed by atoms with Crippen molar-refractivity contribution in [3.05, 3.63) is 35.9 Å². The number of carboxylic acid groups (broad SMARTS) is 1. The van der Waals surface area contributed by atoms with Crippen LogP contribution < -0.4 is 27.4 Å². The van der Waals surface area contributed by atoms with E-state index >= 15 is 0 Å². The van der Waals surface area contributed by atoms with Gasteiger partial charge in [0.05, 0.1) is 6.04 Å². The Balaban J connectivity index is 2.99. The lowest BCUT2D eigenvalue weighted by Gasteiger charge is -2.29. The Labute approximate surface area is 213 Å². The van der Waals surface area contributed by atoms with Gasteiger partial charge < -0.3 is 32.5 Å². The molecular formula is C26H43N5O5. The van der Waals surface area contributed by atoms with E-state index in [1.165, 1.54) is 0 Å². The zero-order chi connectivity index (χ0) is 27.3. The van der Waals surface area contributed by atoms with Crippen LogP contribution in [0.15, 0.2) is 30.3 Å². The lowest BCUT2D eigenvalue weighted by Crippen LogP contribution is -2.59. The van der Waals surface area contributed by atoms with E-state index < -0.39 is 47.9 Å². The lowest BCUT2D eigenvalue weighted by atomic mass is 9.96. The van der Waals surface area contributed by atoms with E-state index in [0.717, 1.165) is 5.56 Å². The van der Waals surface area contributed by atoms with Gasteiger partial charge in [0.15, 0.2) is 0 Å². The smallest absolute Gasteiger partial charge is 0.326 e. The molecule has 36 heavy (non-hydrogen) atoms. The van der Waals surface area contributed by atoms with Crippen LogP contribution in [0.1, 0.15) is 58.9 Å². The summed E-state index contributed by atoms with van der Waals surface area (Å²) < 4.78 is 0. The van der Waals surface area contributed by atoms with Crippen molar-refractivity contribution in [3.63, 3.8) is 0 Å². The average Bonchev–Trinajstić information content (AvgIpc) is 2.84. The zero-order valence-electron chi connectivity index (χ0n) is 21.8. The van der Waals surface area contributed by atoms with Gasteiger partial charge in [0.25, 0.3) is 0 Å². The fraction of sp³-hybridized carbons (Fsp3) is 0.615. The summed E-state index contributed by atoms with van der Waals surface area (Å²) in [4.78, 5) is 50.6. The first-order valence-electron chi connectivity index (χ1n) is 12.6. The summed E-state index contributed by atoms with van der Waals surface area (Å²) in [6, 6.07) is 5.52. The fourth-order valence-electron chi connectivity index (χ4n) is 3.71. The maximum absolute atomic E-state index is 13.2. The van der Waals surface area contributed by atoms with Crippen molar-refractivity contribution < 1.29 is 24.3 Å². The molecule has 1 aromatic carbocycles. The summed E-state index contributed by atoms with van der Waals surface area (Å²) in [5.74, 6) is -3.32. The summed E-state index contributed by atoms with van der Waals surface area (Å²) in [6.07, 6.45) is 2.47. The molecule has 202 valence electrons. The van der Waals surface area contributed by atoms with Crippen molar-refractivity contribution in [1.29, 1.82) is 0 Å². The molecule has 8 N–H and O–H groups in total. The number of unbranched alkanes of at least 4 members (excludes halogenated alkanes) is 1. The van der Waals surface area contributed by atoms with Crippen LogP contribution in [0, 0.1) is 11.8 Å². The minimum atomic E-state index is -1.15. The van der Waals surface area contributed by atoms with Crippen LogP contribution in [-0.2, 0) is 25.6 Å². The first-order valence-corrected chi connectivity index (χ1v) is 12.6. The van der Waals surface area contributed by atoms with Crippen molar-refractivity contribution in [3.8, 4) is 0 Å². The molecule has 0 heterocycles. The van der Waals surface area contributed by atoms with Gasteiger partial charge >= 0.3 is 5.97 Å². The molecule has 1 rings (SSSR count). The molecule has 0 aromatic heterocycles. The number of hydrogen-bond donors (Lipinski definition) is 6. The van der Waals surface area contributed by atoms with Crippen LogP contribution in [0.4, 0.5) is 0 Å². The topological polar surface area (TPSA) is 177 Å². The normalized spacial score (nSPS) is 15.3. The number of benzene rings is 1. The van der Waals surface area contributed by atoms with Crippen LogP contribution >= 0.6 is 0 Å². The third kappa shape index (κ3) is 10.3. The molecule has 0 fully saturated rings. The van der Waals surface area contributed by atoms with E-state index in [-0.39, 0.29) is 11.8 Å². The monoisotopic (exact) mass is 505 g/mol. The van der Waals surface area contributed by atoms with Gasteiger partial charge in [-0.15, -0.1) is 0 Å². The second-order valence-electron chi connectivity index (χ2n) is 9.58. The zero-order valence-corrected chi connectivity index (χ0v) is 21.8. The number of carbonyl (C=O) groups excluding carboxylic acids is 3. The standard InChI is InChI=1S/C26H43N5O5/c1-5-17(4)22(25(34)30-21(16(2)3)26(35)36)31-24(33)20(13-9-10-14-27)29-23(32)19(28)15-18-11-7-6-8-12-18/h6-8,11-12,16-17,19-22H,5,9-10,13-15,27-28H2,1-4H3,(H,29,32)(H,30,34)(H,31,33)(H,35,36). The number of carboxylic acids is 1. The molecule has 0 spiro atoms. The molecule has 0 aliphatic carbocycles. The molecule has 0 saturated heterocycles. The highest BCUT2D eigenvalue weighted by Crippen LogP contribution is 2.12. The Morgan fingerprint density at radius 3 is 2.03 bits per heavy atom. The molecule has 1 aromatic rings. The Bertz CT molecular complexity index is 848. The molecule has 0 saturated carbocycles. The number of nitrogens with one attached hydrogen (secondary N) is 3. The summed E-state index contributed by atoms with van der Waals surface area (Å²) in [5, 5.41) is 17.5. The Morgan fingerprint density at radius 2 is 1.50 bits per heavy atom. The molecule has 0 radical (unpaired) electrons. The second-order valence-corrected chi connectivity index (χ2v) is 9.58. The molecule has 10 heteroatoms. The van der Waals surface area contributed by atoms with Gasteiger partial charge in [-0.25, -0.2) is 4.79 Å². The van der Waals surface area contributed by atoms with Crippen LogP contribution in [0.25, 0.3) is 0 Å². The van der Waals surface area contributed by atoms with E-state index in [2.05, 4.69) is 16.0 Å². The Hall–Kier alpha value is -2.98. The quantitative estimate of drug-likeness (QED) is 0.181. The van der Waals surface area contributed by atoms with Crippen LogP contribution in [0.3, 0.4) is 0 Å². The second kappa shape index (κ2) is 15.9. The minimum Gasteiger partial charge on any atom is -0.480 e. The lowest BCUT2D eigenvalue weighted by molar-refractivity contribution is -0.144. The van der Waals surface area contributed by atoms with E-state index in [0.29, 0.717) is 38.6 Å². The summed E-state index contributed by atoms with van der Waals surface area (Å²) in [7, 11) is 0. The number of nitrogens with two attached hydrogens (primary N) is 2. The fourth-order valence-corrected chi connectivity index (χ4v) is 3.71. The van der Waals surface area contributed by atoms with Gasteiger partial charge in [0, 0.05) is 0 Å². The van der Waals surface area contributed by atoms with E-state index in [1.54, 1.807) is 20.8 Å². The van der Waals surface area contributed by atoms with Crippen LogP contribution in [0.2, 0.25) is 0 Å². The van der Waals surface area contributed by atoms with Gasteiger partial charge in [-0.05, 0) is 49.6 Å². The van der Waals surface area contributed by atoms with E-state index in [1.807, 2.05) is 37.3 Å². The number of carbonyl (C=O) groups is 4. The highest BCUT2D eigenvalue weighted by molar-refractivity contribution is 5.94. The van der Waals surface area contributed by atoms with Gasteiger partial charge in [0.1, 0.15) is 18.1 Å². The molecule has 5 unspecified atom stereocenters. The van der Waals surface area contributed by atoms with Gasteiger partial charge in [0.2, 0.25) is 17.7 Å². The summed E-state index contributed by atoms with van der Waals surface area (Å²) >= 11 is 0. The number of rotatable bonds is 16. The van der Waals surface area contributed by atoms with Crippen molar-refractivity contribution in [2.45, 2.75) is 84.0 Å². The summed E-state index contributed by atoms with van der Waals surface area (Å²) in [6.45, 7) is 7.50. The average molecular weight is 506 g/mol. The van der Waals surface area contributed by atoms with Crippen molar-refractivity contribution in [2.75, 3.05) is 6.54 Å². The number of amides is 3. The molecule has 0 bridgehead atoms. The highest BCUT2D eigenvalue weighted by Gasteiger charge is 2.33. The first-order chi connectivity index (χ1) is 17.0. The first kappa shape index (κ1) is 31.1. The predicted molar refractivity (Wildman–Crippen MR) is 139 cm³/mol. The van der Waals surface area contributed by atoms with Crippen LogP contribution in [-0.4, -0.2) is 59.5 Å². The van der Waals surface area contributed by atoms with Gasteiger partial charge in [-0.3, -0.25) is 14.4 Å². The van der Waals surface area contributed by atoms with Crippen LogP contribution in [0.5, 0.6) is 0 Å². The largest absolute Gasteiger partial charge is 0.480 e. The third-order valence-electron chi connectivity index (χ3n) is 6.24. The van der Waals surface area contributed by atoms with E-state index in [4.69, 9.17) is 11.5 Å². The predicted octanol–water partition coefficient (Wildman–Crippen LogP) is 0.927. The highest BCUT2D eigenvalue weighted by atomic mass is 16.4. The van der Waals surface area contributed by atoms with Crippen molar-refractivity contribution in [1.82, 2.24) is 16.0 Å². The number of hydrogen-bond acceptors (Lipinski definition) is 6.